The summed E-state index contributed by atoms with van der Waals surface area (Å²) < 4.78 is 16.9. The second-order valence-corrected chi connectivity index (χ2v) is 9.25. The highest BCUT2D eigenvalue weighted by Crippen LogP contribution is 2.35. The van der Waals surface area contributed by atoms with Crippen molar-refractivity contribution >= 4 is 14.6 Å². The van der Waals surface area contributed by atoms with Gasteiger partial charge in [-0.1, -0.05) is 39.0 Å². The molecule has 8 heteroatoms. The minimum atomic E-state index is -2.05. The molecule has 0 aromatic carbocycles. The van der Waals surface area contributed by atoms with Crippen molar-refractivity contribution in [2.45, 2.75) is 77.2 Å². The normalized spacial score (nSPS) is 14.2. The first-order chi connectivity index (χ1) is 13.2. The van der Waals surface area contributed by atoms with Crippen molar-refractivity contribution in [2.75, 3.05) is 47.5 Å². The number of rotatable bonds is 20. The second kappa shape index (κ2) is 17.5. The van der Waals surface area contributed by atoms with Gasteiger partial charge in [-0.3, -0.25) is 4.79 Å². The van der Waals surface area contributed by atoms with Gasteiger partial charge in [0.2, 0.25) is 0 Å². The number of carbonyl (C=O) groups is 1. The summed E-state index contributed by atoms with van der Waals surface area (Å²) >= 11 is 0. The van der Waals surface area contributed by atoms with Gasteiger partial charge in [-0.25, -0.2) is 0 Å². The van der Waals surface area contributed by atoms with Gasteiger partial charge in [0.15, 0.2) is 0 Å². The Morgan fingerprint density at radius 2 is 1.46 bits per heavy atom. The fraction of sp³-hybridized carbons (Fsp3) is 0.950. The van der Waals surface area contributed by atoms with Gasteiger partial charge < -0.3 is 28.3 Å². The topological polar surface area (TPSA) is 85.2 Å². The standard InChI is InChI=1S/C20H42NO6P/c1-5-6-7-8-9-11-14-25-15-12-10-13-16-26-28(24)27-19(17-20(22)23)18-21(2,3)4/h19,24H,5-18H2,1-4H3/p+1/t19?,28-/m0/s1. The second-order valence-electron chi connectivity index (χ2n) is 8.31. The van der Waals surface area contributed by atoms with Crippen LogP contribution in [0.1, 0.15) is 71.1 Å². The summed E-state index contributed by atoms with van der Waals surface area (Å²) in [7, 11) is 3.81. The summed E-state index contributed by atoms with van der Waals surface area (Å²) in [6, 6.07) is 0. The molecule has 0 fully saturated rings. The Balaban J connectivity index is 3.61. The van der Waals surface area contributed by atoms with E-state index in [-0.39, 0.29) is 6.42 Å². The van der Waals surface area contributed by atoms with Gasteiger partial charge in [0.1, 0.15) is 12.6 Å². The zero-order valence-electron chi connectivity index (χ0n) is 18.4. The molecule has 7 nitrogen and oxygen atoms in total. The van der Waals surface area contributed by atoms with Crippen LogP contribution in [0.2, 0.25) is 0 Å². The van der Waals surface area contributed by atoms with Crippen molar-refractivity contribution in [2.24, 2.45) is 0 Å². The maximum atomic E-state index is 10.9. The Labute approximate surface area is 172 Å². The zero-order chi connectivity index (χ0) is 21.3. The molecular formula is C20H43NO6P+. The SMILES string of the molecule is CCCCCCCCOCCCCCO[P@](O)OC(CC(=O)O)C[N+](C)(C)C. The lowest BCUT2D eigenvalue weighted by molar-refractivity contribution is -0.873. The van der Waals surface area contributed by atoms with Gasteiger partial charge in [0.05, 0.1) is 34.2 Å². The molecule has 0 aromatic rings. The Kier molecular flexibility index (Phi) is 17.4. The van der Waals surface area contributed by atoms with E-state index in [2.05, 4.69) is 6.92 Å². The van der Waals surface area contributed by atoms with E-state index in [4.69, 9.17) is 18.9 Å². The molecule has 0 aliphatic rings. The molecule has 0 aromatic heterocycles. The first-order valence-corrected chi connectivity index (χ1v) is 11.8. The van der Waals surface area contributed by atoms with E-state index in [1.54, 1.807) is 0 Å². The van der Waals surface area contributed by atoms with E-state index in [9.17, 15) is 9.69 Å². The van der Waals surface area contributed by atoms with Crippen molar-refractivity contribution < 1.29 is 33.1 Å². The number of carboxylic acids is 1. The highest BCUT2D eigenvalue weighted by molar-refractivity contribution is 7.40. The zero-order valence-corrected chi connectivity index (χ0v) is 19.3. The number of quaternary nitrogens is 1. The number of unbranched alkanes of at least 4 members (excludes halogenated alkanes) is 7. The lowest BCUT2D eigenvalue weighted by Gasteiger charge is -2.29. The molecule has 2 atom stereocenters. The fourth-order valence-corrected chi connectivity index (χ4v) is 3.55. The van der Waals surface area contributed by atoms with Crippen LogP contribution in [-0.4, -0.2) is 74.1 Å². The number of hydrogen-bond donors (Lipinski definition) is 2. The van der Waals surface area contributed by atoms with E-state index >= 15 is 0 Å². The van der Waals surface area contributed by atoms with Gasteiger partial charge in [-0.15, -0.1) is 0 Å². The van der Waals surface area contributed by atoms with Crippen LogP contribution < -0.4 is 0 Å². The van der Waals surface area contributed by atoms with Crippen LogP contribution in [0, 0.1) is 0 Å². The van der Waals surface area contributed by atoms with Crippen molar-refractivity contribution in [3.63, 3.8) is 0 Å². The maximum Gasteiger partial charge on any atom is 0.330 e. The number of aliphatic carboxylic acids is 1. The summed E-state index contributed by atoms with van der Waals surface area (Å²) in [5, 5.41) is 8.98. The molecule has 0 aliphatic carbocycles. The van der Waals surface area contributed by atoms with Gasteiger partial charge in [0.25, 0.3) is 0 Å². The highest BCUT2D eigenvalue weighted by atomic mass is 31.2. The highest BCUT2D eigenvalue weighted by Gasteiger charge is 2.25. The summed E-state index contributed by atoms with van der Waals surface area (Å²) in [5.41, 5.74) is 0. The molecule has 0 bridgehead atoms. The predicted molar refractivity (Wildman–Crippen MR) is 113 cm³/mol. The molecule has 2 N–H and O–H groups in total. The largest absolute Gasteiger partial charge is 0.481 e. The third kappa shape index (κ3) is 20.4. The van der Waals surface area contributed by atoms with E-state index < -0.39 is 20.7 Å². The van der Waals surface area contributed by atoms with E-state index in [1.807, 2.05) is 21.1 Å². The minimum absolute atomic E-state index is 0.145. The maximum absolute atomic E-state index is 10.9. The molecular weight excluding hydrogens is 381 g/mol. The molecule has 1 unspecified atom stereocenters. The molecule has 0 amide bonds. The van der Waals surface area contributed by atoms with Crippen LogP contribution in [0.25, 0.3) is 0 Å². The summed E-state index contributed by atoms with van der Waals surface area (Å²) in [5.74, 6) is -0.942. The molecule has 28 heavy (non-hydrogen) atoms. The predicted octanol–water partition coefficient (Wildman–Crippen LogP) is 4.34. The van der Waals surface area contributed by atoms with Crippen LogP contribution in [0.15, 0.2) is 0 Å². The molecule has 168 valence electrons. The summed E-state index contributed by atoms with van der Waals surface area (Å²) in [6.45, 7) is 4.74. The van der Waals surface area contributed by atoms with Crippen molar-refractivity contribution in [1.82, 2.24) is 0 Å². The Bertz CT molecular complexity index is 378. The monoisotopic (exact) mass is 424 g/mol. The molecule has 0 radical (unpaired) electrons. The van der Waals surface area contributed by atoms with E-state index in [0.29, 0.717) is 17.6 Å². The number of carboxylic acid groups (broad SMARTS) is 1. The first kappa shape index (κ1) is 27.7. The Morgan fingerprint density at radius 3 is 2.04 bits per heavy atom. The summed E-state index contributed by atoms with van der Waals surface area (Å²) in [6.07, 6.45) is 9.71. The van der Waals surface area contributed by atoms with E-state index in [1.165, 1.54) is 32.1 Å². The molecule has 0 aliphatic heterocycles. The third-order valence-electron chi connectivity index (χ3n) is 4.17. The number of nitrogens with zero attached hydrogens (tertiary/aromatic N) is 1. The van der Waals surface area contributed by atoms with E-state index in [0.717, 1.165) is 38.9 Å². The minimum Gasteiger partial charge on any atom is -0.481 e. The smallest absolute Gasteiger partial charge is 0.330 e. The van der Waals surface area contributed by atoms with Crippen LogP contribution >= 0.6 is 8.60 Å². The average molecular weight is 425 g/mol. The van der Waals surface area contributed by atoms with Gasteiger partial charge in [-0.2, -0.15) is 0 Å². The number of ether oxygens (including phenoxy) is 1. The van der Waals surface area contributed by atoms with Gasteiger partial charge >= 0.3 is 14.6 Å². The molecule has 0 spiro atoms. The fourth-order valence-electron chi connectivity index (χ4n) is 2.81. The Morgan fingerprint density at radius 1 is 0.929 bits per heavy atom. The molecule has 0 rings (SSSR count). The van der Waals surface area contributed by atoms with Crippen molar-refractivity contribution in [1.29, 1.82) is 0 Å². The lowest BCUT2D eigenvalue weighted by Crippen LogP contribution is -2.42. The molecule has 0 saturated heterocycles. The number of hydrogen-bond acceptors (Lipinski definition) is 5. The quantitative estimate of drug-likeness (QED) is 0.172. The Hall–Kier alpha value is -0.300. The van der Waals surface area contributed by atoms with Crippen molar-refractivity contribution in [3.8, 4) is 0 Å². The molecule has 0 saturated carbocycles. The van der Waals surface area contributed by atoms with Crippen LogP contribution in [0.3, 0.4) is 0 Å². The molecule has 0 heterocycles. The van der Waals surface area contributed by atoms with Crippen LogP contribution in [-0.2, 0) is 18.6 Å². The van der Waals surface area contributed by atoms with Crippen LogP contribution in [0.4, 0.5) is 0 Å². The average Bonchev–Trinajstić information content (AvgIpc) is 2.56. The summed E-state index contributed by atoms with van der Waals surface area (Å²) in [4.78, 5) is 20.9. The van der Waals surface area contributed by atoms with Crippen LogP contribution in [0.5, 0.6) is 0 Å². The third-order valence-corrected chi connectivity index (χ3v) is 5.05. The lowest BCUT2D eigenvalue weighted by atomic mass is 10.1. The van der Waals surface area contributed by atoms with Crippen molar-refractivity contribution in [3.05, 3.63) is 0 Å². The van der Waals surface area contributed by atoms with Gasteiger partial charge in [0, 0.05) is 13.2 Å². The van der Waals surface area contributed by atoms with Gasteiger partial charge in [-0.05, 0) is 25.7 Å². The number of likely N-dealkylation sites (N-methyl/N-ethyl adjacent to an activating group) is 1. The first-order valence-electron chi connectivity index (χ1n) is 10.6.